The van der Waals surface area contributed by atoms with Gasteiger partial charge in [0, 0.05) is 36.5 Å². The molecule has 1 aromatic carbocycles. The summed E-state index contributed by atoms with van der Waals surface area (Å²) in [5.74, 6) is 0.285. The van der Waals surface area contributed by atoms with Gasteiger partial charge >= 0.3 is 0 Å². The second kappa shape index (κ2) is 9.56. The topological polar surface area (TPSA) is 77.5 Å². The van der Waals surface area contributed by atoms with Crippen molar-refractivity contribution in [2.75, 3.05) is 14.2 Å². The van der Waals surface area contributed by atoms with Crippen LogP contribution in [0.2, 0.25) is 0 Å². The molecule has 2 aromatic rings. The van der Waals surface area contributed by atoms with E-state index in [1.165, 1.54) is 0 Å². The zero-order valence-electron chi connectivity index (χ0n) is 15.3. The number of aromatic nitrogens is 1. The van der Waals surface area contributed by atoms with Gasteiger partial charge in [0.25, 0.3) is 5.91 Å². The zero-order chi connectivity index (χ0) is 18.9. The summed E-state index contributed by atoms with van der Waals surface area (Å²) in [5, 5.41) is 2.66. The molecule has 0 spiro atoms. The molecule has 1 atom stereocenters. The van der Waals surface area contributed by atoms with Gasteiger partial charge in [0.15, 0.2) is 0 Å². The number of pyridine rings is 1. The van der Waals surface area contributed by atoms with Crippen molar-refractivity contribution in [3.63, 3.8) is 0 Å². The minimum Gasteiger partial charge on any atom is -0.497 e. The summed E-state index contributed by atoms with van der Waals surface area (Å²) >= 11 is 0. The lowest BCUT2D eigenvalue weighted by molar-refractivity contribution is -0.138. The molecule has 1 aromatic heterocycles. The molecule has 6 heteroatoms. The monoisotopic (exact) mass is 356 g/mol. The molecule has 1 N–H and O–H groups in total. The van der Waals surface area contributed by atoms with Crippen LogP contribution >= 0.6 is 0 Å². The van der Waals surface area contributed by atoms with Crippen LogP contribution in [0.5, 0.6) is 11.5 Å². The first-order valence-corrected chi connectivity index (χ1v) is 8.45. The fourth-order valence-corrected chi connectivity index (χ4v) is 2.63. The number of carbonyl (C=O) groups is 2. The molecule has 1 amide bonds. The number of Topliss-reactive ketones (excluding diaryl/α,β-unsaturated/α-hetero) is 1. The third-order valence-electron chi connectivity index (χ3n) is 4.00. The van der Waals surface area contributed by atoms with E-state index in [9.17, 15) is 9.59 Å². The van der Waals surface area contributed by atoms with Crippen LogP contribution in [0.1, 0.15) is 24.6 Å². The molecule has 0 fully saturated rings. The summed E-state index contributed by atoms with van der Waals surface area (Å²) in [5.41, 5.74) is 1.69. The van der Waals surface area contributed by atoms with Gasteiger partial charge in [0.2, 0.25) is 5.78 Å². The Bertz CT molecular complexity index is 747. The van der Waals surface area contributed by atoms with E-state index in [1.54, 1.807) is 38.6 Å². The van der Waals surface area contributed by atoms with Crippen molar-refractivity contribution in [3.05, 3.63) is 53.9 Å². The second-order valence-corrected chi connectivity index (χ2v) is 6.12. The van der Waals surface area contributed by atoms with Crippen molar-refractivity contribution in [3.8, 4) is 11.5 Å². The molecule has 0 aliphatic rings. The van der Waals surface area contributed by atoms with Crippen molar-refractivity contribution < 1.29 is 19.1 Å². The number of methoxy groups -OCH3 is 2. The van der Waals surface area contributed by atoms with E-state index >= 15 is 0 Å². The zero-order valence-corrected chi connectivity index (χ0v) is 15.3. The van der Waals surface area contributed by atoms with E-state index in [4.69, 9.17) is 9.47 Å². The summed E-state index contributed by atoms with van der Waals surface area (Å²) in [6.07, 6.45) is 2.56. The van der Waals surface area contributed by atoms with Crippen molar-refractivity contribution in [1.29, 1.82) is 0 Å². The van der Waals surface area contributed by atoms with Crippen molar-refractivity contribution in [2.24, 2.45) is 5.92 Å². The maximum atomic E-state index is 12.1. The number of amides is 1. The van der Waals surface area contributed by atoms with Crippen LogP contribution < -0.4 is 14.8 Å². The predicted octanol–water partition coefficient (Wildman–Crippen LogP) is 2.55. The van der Waals surface area contributed by atoms with Gasteiger partial charge in [-0.3, -0.25) is 14.6 Å². The molecule has 0 saturated heterocycles. The number of nitrogens with zero attached hydrogens (tertiary/aromatic N) is 1. The van der Waals surface area contributed by atoms with Gasteiger partial charge in [-0.05, 0) is 36.6 Å². The maximum absolute atomic E-state index is 12.1. The number of rotatable bonds is 9. The van der Waals surface area contributed by atoms with Crippen LogP contribution in [-0.2, 0) is 22.6 Å². The summed E-state index contributed by atoms with van der Waals surface area (Å²) in [4.78, 5) is 28.5. The molecule has 0 aliphatic heterocycles. The van der Waals surface area contributed by atoms with Gasteiger partial charge in [-0.2, -0.15) is 0 Å². The van der Waals surface area contributed by atoms with Crippen LogP contribution in [0.3, 0.4) is 0 Å². The molecule has 0 aliphatic carbocycles. The Labute approximate surface area is 153 Å². The fourth-order valence-electron chi connectivity index (χ4n) is 2.63. The Balaban J connectivity index is 1.86. The van der Waals surface area contributed by atoms with E-state index in [-0.39, 0.29) is 18.9 Å². The SMILES string of the molecule is COc1ccc(CNC(=O)C(=O)CC(C)Cc2ccccn2)c(OC)c1. The fraction of sp³-hybridized carbons (Fsp3) is 0.350. The Morgan fingerprint density at radius 1 is 1.15 bits per heavy atom. The highest BCUT2D eigenvalue weighted by Crippen LogP contribution is 2.24. The lowest BCUT2D eigenvalue weighted by Gasteiger charge is -2.12. The van der Waals surface area contributed by atoms with Crippen molar-refractivity contribution in [1.82, 2.24) is 10.3 Å². The molecular weight excluding hydrogens is 332 g/mol. The van der Waals surface area contributed by atoms with Gasteiger partial charge in [-0.1, -0.05) is 13.0 Å². The van der Waals surface area contributed by atoms with Crippen LogP contribution in [0.25, 0.3) is 0 Å². The number of carbonyl (C=O) groups excluding carboxylic acids is 2. The van der Waals surface area contributed by atoms with Crippen molar-refractivity contribution in [2.45, 2.75) is 26.3 Å². The highest BCUT2D eigenvalue weighted by molar-refractivity contribution is 6.36. The molecule has 0 bridgehead atoms. The van der Waals surface area contributed by atoms with Crippen LogP contribution in [0, 0.1) is 5.92 Å². The largest absolute Gasteiger partial charge is 0.497 e. The minimum atomic E-state index is -0.587. The first kappa shape index (κ1) is 19.4. The first-order valence-electron chi connectivity index (χ1n) is 8.45. The van der Waals surface area contributed by atoms with E-state index < -0.39 is 11.7 Å². The van der Waals surface area contributed by atoms with Gasteiger partial charge in [0.05, 0.1) is 14.2 Å². The molecule has 1 heterocycles. The van der Waals surface area contributed by atoms with E-state index in [0.29, 0.717) is 17.9 Å². The molecule has 0 saturated carbocycles. The number of nitrogens with one attached hydrogen (secondary N) is 1. The number of hydrogen-bond acceptors (Lipinski definition) is 5. The Morgan fingerprint density at radius 2 is 1.96 bits per heavy atom. The van der Waals surface area contributed by atoms with E-state index in [0.717, 1.165) is 11.3 Å². The average molecular weight is 356 g/mol. The highest BCUT2D eigenvalue weighted by Gasteiger charge is 2.18. The highest BCUT2D eigenvalue weighted by atomic mass is 16.5. The predicted molar refractivity (Wildman–Crippen MR) is 98.1 cm³/mol. The third-order valence-corrected chi connectivity index (χ3v) is 4.00. The molecule has 1 unspecified atom stereocenters. The molecular formula is C20H24N2O4. The second-order valence-electron chi connectivity index (χ2n) is 6.12. The molecule has 138 valence electrons. The number of ketones is 1. The lowest BCUT2D eigenvalue weighted by atomic mass is 9.98. The third kappa shape index (κ3) is 5.58. The van der Waals surface area contributed by atoms with Gasteiger partial charge < -0.3 is 14.8 Å². The van der Waals surface area contributed by atoms with E-state index in [2.05, 4.69) is 10.3 Å². The molecule has 0 radical (unpaired) electrons. The average Bonchev–Trinajstić information content (AvgIpc) is 2.66. The standard InChI is InChI=1S/C20H24N2O4/c1-14(10-16-6-4-5-9-21-16)11-18(23)20(24)22-13-15-7-8-17(25-2)12-19(15)26-3/h4-9,12,14H,10-11,13H2,1-3H3,(H,22,24). The number of ether oxygens (including phenoxy) is 2. The normalized spacial score (nSPS) is 11.5. The summed E-state index contributed by atoms with van der Waals surface area (Å²) in [6.45, 7) is 2.15. The van der Waals surface area contributed by atoms with Gasteiger partial charge in [-0.15, -0.1) is 0 Å². The van der Waals surface area contributed by atoms with Crippen LogP contribution in [0.15, 0.2) is 42.6 Å². The van der Waals surface area contributed by atoms with Crippen LogP contribution in [-0.4, -0.2) is 30.9 Å². The van der Waals surface area contributed by atoms with Gasteiger partial charge in [-0.25, -0.2) is 0 Å². The smallest absolute Gasteiger partial charge is 0.287 e. The molecule has 26 heavy (non-hydrogen) atoms. The summed E-state index contributed by atoms with van der Waals surface area (Å²) in [6, 6.07) is 11.0. The van der Waals surface area contributed by atoms with Crippen LogP contribution in [0.4, 0.5) is 0 Å². The molecule has 2 rings (SSSR count). The lowest BCUT2D eigenvalue weighted by Crippen LogP contribution is -2.31. The Morgan fingerprint density at radius 3 is 2.62 bits per heavy atom. The van der Waals surface area contributed by atoms with E-state index in [1.807, 2.05) is 25.1 Å². The van der Waals surface area contributed by atoms with Crippen molar-refractivity contribution >= 4 is 11.7 Å². The quantitative estimate of drug-likeness (QED) is 0.699. The minimum absolute atomic E-state index is 0.0404. The maximum Gasteiger partial charge on any atom is 0.287 e. The first-order chi connectivity index (χ1) is 12.5. The number of hydrogen-bond donors (Lipinski definition) is 1. The summed E-state index contributed by atoms with van der Waals surface area (Å²) in [7, 11) is 3.12. The molecule has 6 nitrogen and oxygen atoms in total. The summed E-state index contributed by atoms with van der Waals surface area (Å²) < 4.78 is 10.4. The van der Waals surface area contributed by atoms with Gasteiger partial charge in [0.1, 0.15) is 11.5 Å². The Hall–Kier alpha value is -2.89. The number of benzene rings is 1. The Kier molecular flexibility index (Phi) is 7.14.